The van der Waals surface area contributed by atoms with Crippen molar-refractivity contribution in [3.63, 3.8) is 0 Å². The molecule has 130 valence electrons. The zero-order chi connectivity index (χ0) is 17.6. The molecule has 3 rings (SSSR count). The van der Waals surface area contributed by atoms with Crippen molar-refractivity contribution in [1.29, 1.82) is 0 Å². The highest BCUT2D eigenvalue weighted by Gasteiger charge is 2.19. The maximum Gasteiger partial charge on any atom is 0.270 e. The van der Waals surface area contributed by atoms with E-state index in [1.54, 1.807) is 17.2 Å². The van der Waals surface area contributed by atoms with Gasteiger partial charge in [0.15, 0.2) is 0 Å². The summed E-state index contributed by atoms with van der Waals surface area (Å²) in [7, 11) is 0. The van der Waals surface area contributed by atoms with Gasteiger partial charge in [0.05, 0.1) is 0 Å². The average molecular weight is 339 g/mol. The van der Waals surface area contributed by atoms with Gasteiger partial charge in [-0.05, 0) is 18.6 Å². The number of carbonyl (C=O) groups excluding carboxylic acids is 2. The molecule has 0 spiro atoms. The second kappa shape index (κ2) is 7.74. The molecule has 7 nitrogen and oxygen atoms in total. The van der Waals surface area contributed by atoms with Crippen LogP contribution in [0.25, 0.3) is 0 Å². The molecule has 0 saturated carbocycles. The average Bonchev–Trinajstić information content (AvgIpc) is 2.66. The monoisotopic (exact) mass is 339 g/mol. The minimum atomic E-state index is -0.225. The van der Waals surface area contributed by atoms with Gasteiger partial charge in [-0.3, -0.25) is 9.59 Å². The molecule has 2 heterocycles. The van der Waals surface area contributed by atoms with Crippen molar-refractivity contribution in [1.82, 2.24) is 20.2 Å². The number of piperazine rings is 1. The Labute approximate surface area is 146 Å². The summed E-state index contributed by atoms with van der Waals surface area (Å²) in [5.74, 6) is 0.297. The molecule has 7 heteroatoms. The highest BCUT2D eigenvalue weighted by molar-refractivity contribution is 5.92. The van der Waals surface area contributed by atoms with Crippen molar-refractivity contribution in [2.45, 2.75) is 13.5 Å². The van der Waals surface area contributed by atoms with Crippen LogP contribution in [0.2, 0.25) is 0 Å². The third-order valence-corrected chi connectivity index (χ3v) is 4.16. The fourth-order valence-corrected chi connectivity index (χ4v) is 2.75. The number of nitrogens with zero attached hydrogens (tertiary/aromatic N) is 4. The van der Waals surface area contributed by atoms with Gasteiger partial charge < -0.3 is 15.1 Å². The molecule has 0 atom stereocenters. The van der Waals surface area contributed by atoms with E-state index >= 15 is 0 Å². The molecule has 1 aliphatic rings. The number of aromatic nitrogens is 2. The molecular formula is C18H21N5O2. The number of nitrogens with one attached hydrogen (secondary N) is 1. The maximum atomic E-state index is 12.4. The van der Waals surface area contributed by atoms with E-state index in [1.807, 2.05) is 36.1 Å². The number of benzene rings is 1. The van der Waals surface area contributed by atoms with Crippen LogP contribution in [0.4, 0.5) is 5.95 Å². The van der Waals surface area contributed by atoms with Crippen molar-refractivity contribution in [3.05, 3.63) is 53.3 Å². The van der Waals surface area contributed by atoms with Crippen LogP contribution < -0.4 is 10.2 Å². The van der Waals surface area contributed by atoms with E-state index < -0.39 is 0 Å². The highest BCUT2D eigenvalue weighted by atomic mass is 16.2. The van der Waals surface area contributed by atoms with Crippen LogP contribution in [-0.2, 0) is 11.3 Å². The van der Waals surface area contributed by atoms with Gasteiger partial charge in [-0.25, -0.2) is 9.97 Å². The fraction of sp³-hybridized carbons (Fsp3) is 0.333. The Morgan fingerprint density at radius 3 is 2.76 bits per heavy atom. The van der Waals surface area contributed by atoms with Crippen LogP contribution in [0.1, 0.15) is 21.6 Å². The van der Waals surface area contributed by atoms with E-state index in [4.69, 9.17) is 0 Å². The number of anilines is 1. The first kappa shape index (κ1) is 16.9. The smallest absolute Gasteiger partial charge is 0.270 e. The molecule has 0 unspecified atom stereocenters. The van der Waals surface area contributed by atoms with E-state index in [-0.39, 0.29) is 5.91 Å². The number of amides is 2. The van der Waals surface area contributed by atoms with Crippen molar-refractivity contribution in [3.8, 4) is 0 Å². The first-order valence-electron chi connectivity index (χ1n) is 8.27. The summed E-state index contributed by atoms with van der Waals surface area (Å²) in [6, 6.07) is 9.62. The second-order valence-electron chi connectivity index (χ2n) is 6.04. The highest BCUT2D eigenvalue weighted by Crippen LogP contribution is 2.11. The topological polar surface area (TPSA) is 78.4 Å². The lowest BCUT2D eigenvalue weighted by Crippen LogP contribution is -2.46. The minimum Gasteiger partial charge on any atom is -0.347 e. The third-order valence-electron chi connectivity index (χ3n) is 4.16. The molecule has 1 aromatic carbocycles. The Morgan fingerprint density at radius 2 is 2.04 bits per heavy atom. The molecule has 1 N–H and O–H groups in total. The van der Waals surface area contributed by atoms with E-state index in [1.165, 1.54) is 0 Å². The lowest BCUT2D eigenvalue weighted by molar-refractivity contribution is -0.118. The van der Waals surface area contributed by atoms with E-state index in [9.17, 15) is 9.59 Å². The summed E-state index contributed by atoms with van der Waals surface area (Å²) in [5.41, 5.74) is 2.55. The van der Waals surface area contributed by atoms with Crippen LogP contribution in [0.3, 0.4) is 0 Å². The van der Waals surface area contributed by atoms with Gasteiger partial charge >= 0.3 is 0 Å². The third kappa shape index (κ3) is 4.32. The Kier molecular flexibility index (Phi) is 5.23. The second-order valence-corrected chi connectivity index (χ2v) is 6.04. The van der Waals surface area contributed by atoms with Gasteiger partial charge in [0.2, 0.25) is 12.4 Å². The lowest BCUT2D eigenvalue weighted by atomic mass is 10.1. The summed E-state index contributed by atoms with van der Waals surface area (Å²) in [4.78, 5) is 35.5. The molecule has 1 saturated heterocycles. The van der Waals surface area contributed by atoms with Gasteiger partial charge in [-0.15, -0.1) is 0 Å². The molecule has 0 radical (unpaired) electrons. The first-order chi connectivity index (χ1) is 12.2. The first-order valence-corrected chi connectivity index (χ1v) is 8.27. The summed E-state index contributed by atoms with van der Waals surface area (Å²) >= 11 is 0. The number of carbonyl (C=O) groups is 2. The summed E-state index contributed by atoms with van der Waals surface area (Å²) in [6.07, 6.45) is 2.45. The normalized spacial score (nSPS) is 14.3. The maximum absolute atomic E-state index is 12.4. The van der Waals surface area contributed by atoms with Crippen molar-refractivity contribution < 1.29 is 9.59 Å². The van der Waals surface area contributed by atoms with Crippen LogP contribution in [0.15, 0.2) is 36.5 Å². The Bertz CT molecular complexity index is 757. The van der Waals surface area contributed by atoms with E-state index in [0.717, 1.165) is 17.5 Å². The van der Waals surface area contributed by atoms with E-state index in [2.05, 4.69) is 15.3 Å². The molecule has 1 aromatic heterocycles. The zero-order valence-electron chi connectivity index (χ0n) is 14.2. The molecule has 0 aliphatic carbocycles. The molecule has 2 aromatic rings. The van der Waals surface area contributed by atoms with Crippen molar-refractivity contribution >= 4 is 18.3 Å². The molecule has 25 heavy (non-hydrogen) atoms. The van der Waals surface area contributed by atoms with Crippen LogP contribution in [0, 0.1) is 6.92 Å². The summed E-state index contributed by atoms with van der Waals surface area (Å²) in [6.45, 7) is 5.07. The molecular weight excluding hydrogens is 318 g/mol. The van der Waals surface area contributed by atoms with Gasteiger partial charge in [0, 0.05) is 38.9 Å². The van der Waals surface area contributed by atoms with Crippen LogP contribution in [0.5, 0.6) is 0 Å². The summed E-state index contributed by atoms with van der Waals surface area (Å²) in [5, 5.41) is 2.89. The molecule has 2 amide bonds. The number of hydrogen-bond donors (Lipinski definition) is 1. The Morgan fingerprint density at radius 1 is 1.24 bits per heavy atom. The molecule has 1 fully saturated rings. The standard InChI is InChI=1S/C18H21N5O2/c1-14-3-2-4-15(11-14)12-20-17(25)16-5-6-19-18(21-16)23-9-7-22(13-24)8-10-23/h2-6,11,13H,7-10,12H2,1H3,(H,20,25). The van der Waals surface area contributed by atoms with Gasteiger partial charge in [-0.2, -0.15) is 0 Å². The SMILES string of the molecule is Cc1cccc(CNC(=O)c2ccnc(N3CCN(C=O)CC3)n2)c1. The largest absolute Gasteiger partial charge is 0.347 e. The quantitative estimate of drug-likeness (QED) is 0.822. The lowest BCUT2D eigenvalue weighted by Gasteiger charge is -2.32. The van der Waals surface area contributed by atoms with Crippen LogP contribution in [-0.4, -0.2) is 53.4 Å². The molecule has 0 bridgehead atoms. The van der Waals surface area contributed by atoms with Gasteiger partial charge in [-0.1, -0.05) is 29.8 Å². The number of rotatable bonds is 5. The van der Waals surface area contributed by atoms with Crippen LogP contribution >= 0.6 is 0 Å². The van der Waals surface area contributed by atoms with E-state index in [0.29, 0.717) is 44.4 Å². The fourth-order valence-electron chi connectivity index (χ4n) is 2.75. The Hall–Kier alpha value is -2.96. The van der Waals surface area contributed by atoms with Gasteiger partial charge in [0.1, 0.15) is 5.69 Å². The Balaban J connectivity index is 1.62. The van der Waals surface area contributed by atoms with Gasteiger partial charge in [0.25, 0.3) is 5.91 Å². The number of aryl methyl sites for hydroxylation is 1. The molecule has 1 aliphatic heterocycles. The predicted octanol–water partition coefficient (Wildman–Crippen LogP) is 0.993. The predicted molar refractivity (Wildman–Crippen MR) is 94.2 cm³/mol. The number of hydrogen-bond acceptors (Lipinski definition) is 5. The van der Waals surface area contributed by atoms with Crippen molar-refractivity contribution in [2.24, 2.45) is 0 Å². The zero-order valence-corrected chi connectivity index (χ0v) is 14.2. The summed E-state index contributed by atoms with van der Waals surface area (Å²) < 4.78 is 0. The minimum absolute atomic E-state index is 0.225. The van der Waals surface area contributed by atoms with Crippen molar-refractivity contribution in [2.75, 3.05) is 31.1 Å².